The summed E-state index contributed by atoms with van der Waals surface area (Å²) in [6.07, 6.45) is 21.6. The average Bonchev–Trinajstić information content (AvgIpc) is 2.63. The fourth-order valence-corrected chi connectivity index (χ4v) is 4.57. The van der Waals surface area contributed by atoms with Crippen LogP contribution in [-0.4, -0.2) is 18.6 Å². The first kappa shape index (κ1) is 26.9. The van der Waals surface area contributed by atoms with Gasteiger partial charge in [0.15, 0.2) is 0 Å². The summed E-state index contributed by atoms with van der Waals surface area (Å²) in [5.74, 6) is 0. The maximum atomic E-state index is 11.1. The van der Waals surface area contributed by atoms with Gasteiger partial charge in [0.25, 0.3) is 0 Å². The minimum Gasteiger partial charge on any atom is -0.264 e. The van der Waals surface area contributed by atoms with Crippen LogP contribution >= 0.6 is 0 Å². The Morgan fingerprint density at radius 1 is 0.630 bits per heavy atom. The topological polar surface area (TPSA) is 63.6 Å². The Morgan fingerprint density at radius 3 is 1.26 bits per heavy atom. The van der Waals surface area contributed by atoms with Gasteiger partial charge in [0.05, 0.1) is 5.60 Å². The first-order valence-electron chi connectivity index (χ1n) is 11.6. The second kappa shape index (κ2) is 16.8. The van der Waals surface area contributed by atoms with Crippen molar-refractivity contribution in [3.63, 3.8) is 0 Å². The molecule has 0 saturated carbocycles. The molecule has 0 radical (unpaired) electrons. The summed E-state index contributed by atoms with van der Waals surface area (Å²) >= 11 is 0. The molecule has 1 N–H and O–H groups in total. The Balaban J connectivity index is 3.53. The van der Waals surface area contributed by atoms with E-state index in [0.29, 0.717) is 19.3 Å². The zero-order valence-electron chi connectivity index (χ0n) is 18.3. The minimum absolute atomic E-state index is 0.599. The Hall–Kier alpha value is -0.130. The van der Waals surface area contributed by atoms with Crippen molar-refractivity contribution in [1.29, 1.82) is 0 Å². The van der Waals surface area contributed by atoms with E-state index in [4.69, 9.17) is 8.74 Å². The summed E-state index contributed by atoms with van der Waals surface area (Å²) in [6, 6.07) is 0. The van der Waals surface area contributed by atoms with Crippen LogP contribution in [-0.2, 0) is 14.6 Å². The summed E-state index contributed by atoms with van der Waals surface area (Å²) < 4.78 is 36.1. The number of unbranched alkanes of at least 4 members (excludes halogenated alkanes) is 14. The van der Waals surface area contributed by atoms with Crippen LogP contribution in [0.2, 0.25) is 0 Å². The van der Waals surface area contributed by atoms with E-state index < -0.39 is 16.0 Å². The van der Waals surface area contributed by atoms with Crippen molar-refractivity contribution in [3.05, 3.63) is 0 Å². The smallest absolute Gasteiger partial charge is 0.264 e. The highest BCUT2D eigenvalue weighted by molar-refractivity contribution is 7.80. The van der Waals surface area contributed by atoms with E-state index in [1.807, 2.05) is 13.8 Å². The van der Waals surface area contributed by atoms with Crippen molar-refractivity contribution in [2.24, 2.45) is 0 Å². The third-order valence-electron chi connectivity index (χ3n) is 5.81. The summed E-state index contributed by atoms with van der Waals surface area (Å²) in [4.78, 5) is 0. The molecule has 5 heteroatoms. The van der Waals surface area contributed by atoms with E-state index in [1.165, 1.54) is 83.5 Å². The molecule has 0 amide bonds. The molecule has 0 aliphatic carbocycles. The highest BCUT2D eigenvalue weighted by Gasteiger charge is 2.31. The zero-order chi connectivity index (χ0) is 20.4. The molecule has 0 unspecified atom stereocenters. The van der Waals surface area contributed by atoms with E-state index >= 15 is 0 Å². The van der Waals surface area contributed by atoms with Gasteiger partial charge in [-0.25, -0.2) is 4.18 Å². The fourth-order valence-electron chi connectivity index (χ4n) is 3.80. The SMILES string of the molecule is CCCCCCCCCCCCCCCCCC(CC)(CC)OS(=O)(=O)O. The first-order valence-corrected chi connectivity index (χ1v) is 12.9. The maximum absolute atomic E-state index is 11.1. The Kier molecular flexibility index (Phi) is 16.7. The Morgan fingerprint density at radius 2 is 0.963 bits per heavy atom. The molecule has 0 fully saturated rings. The Labute approximate surface area is 169 Å². The first-order chi connectivity index (χ1) is 12.9. The maximum Gasteiger partial charge on any atom is 0.397 e. The van der Waals surface area contributed by atoms with Gasteiger partial charge in [0.1, 0.15) is 0 Å². The predicted molar refractivity (Wildman–Crippen MR) is 115 cm³/mol. The van der Waals surface area contributed by atoms with Crippen LogP contribution in [0.4, 0.5) is 0 Å². The average molecular weight is 407 g/mol. The van der Waals surface area contributed by atoms with Crippen molar-refractivity contribution in [2.45, 2.75) is 142 Å². The second-order valence-electron chi connectivity index (χ2n) is 8.10. The van der Waals surface area contributed by atoms with Crippen molar-refractivity contribution >= 4 is 10.4 Å². The fraction of sp³-hybridized carbons (Fsp3) is 1.00. The number of hydrogen-bond donors (Lipinski definition) is 1. The van der Waals surface area contributed by atoms with Gasteiger partial charge in [-0.05, 0) is 19.3 Å². The highest BCUT2D eigenvalue weighted by atomic mass is 32.3. The standard InChI is InChI=1S/C22H46O4S/c1-4-7-8-9-10-11-12-13-14-15-16-17-18-19-20-21-22(5-2,6-3)26-27(23,24)25/h4-21H2,1-3H3,(H,23,24,25). The molecule has 27 heavy (non-hydrogen) atoms. The van der Waals surface area contributed by atoms with Crippen LogP contribution in [0.3, 0.4) is 0 Å². The summed E-state index contributed by atoms with van der Waals surface area (Å²) in [7, 11) is -4.38. The summed E-state index contributed by atoms with van der Waals surface area (Å²) in [5.41, 5.74) is -0.732. The van der Waals surface area contributed by atoms with Gasteiger partial charge in [-0.1, -0.05) is 117 Å². The van der Waals surface area contributed by atoms with Crippen LogP contribution in [0, 0.1) is 0 Å². The molecule has 0 saturated heterocycles. The van der Waals surface area contributed by atoms with Crippen molar-refractivity contribution in [1.82, 2.24) is 0 Å². The lowest BCUT2D eigenvalue weighted by atomic mass is 9.90. The molecule has 0 aliphatic heterocycles. The third kappa shape index (κ3) is 16.5. The molecule has 4 nitrogen and oxygen atoms in total. The minimum atomic E-state index is -4.38. The molecule has 0 heterocycles. The van der Waals surface area contributed by atoms with Crippen molar-refractivity contribution < 1.29 is 17.2 Å². The normalized spacial score (nSPS) is 12.6. The zero-order valence-corrected chi connectivity index (χ0v) is 19.1. The summed E-state index contributed by atoms with van der Waals surface area (Å²) in [5, 5.41) is 0. The van der Waals surface area contributed by atoms with Crippen LogP contribution in [0.25, 0.3) is 0 Å². The number of hydrogen-bond acceptors (Lipinski definition) is 3. The van der Waals surface area contributed by atoms with Gasteiger partial charge in [-0.3, -0.25) is 4.55 Å². The van der Waals surface area contributed by atoms with Gasteiger partial charge < -0.3 is 0 Å². The monoisotopic (exact) mass is 406 g/mol. The molecule has 0 aromatic rings. The second-order valence-corrected chi connectivity index (χ2v) is 9.12. The van der Waals surface area contributed by atoms with Gasteiger partial charge in [0, 0.05) is 0 Å². The van der Waals surface area contributed by atoms with Gasteiger partial charge in [0.2, 0.25) is 0 Å². The largest absolute Gasteiger partial charge is 0.397 e. The molecule has 164 valence electrons. The van der Waals surface area contributed by atoms with Crippen molar-refractivity contribution in [3.8, 4) is 0 Å². The van der Waals surface area contributed by atoms with E-state index in [1.54, 1.807) is 0 Å². The van der Waals surface area contributed by atoms with E-state index in [-0.39, 0.29) is 0 Å². The third-order valence-corrected chi connectivity index (χ3v) is 6.37. The molecular weight excluding hydrogens is 360 g/mol. The van der Waals surface area contributed by atoms with Gasteiger partial charge in [-0.15, -0.1) is 0 Å². The lowest BCUT2D eigenvalue weighted by Crippen LogP contribution is -2.33. The van der Waals surface area contributed by atoms with Gasteiger partial charge in [-0.2, -0.15) is 8.42 Å². The molecule has 0 aromatic heterocycles. The lowest BCUT2D eigenvalue weighted by Gasteiger charge is -2.29. The molecular formula is C22H46O4S. The molecule has 0 spiro atoms. The molecule has 0 aromatic carbocycles. The summed E-state index contributed by atoms with van der Waals surface area (Å²) in [6.45, 7) is 6.10. The molecule has 0 bridgehead atoms. The highest BCUT2D eigenvalue weighted by Crippen LogP contribution is 2.29. The molecule has 0 rings (SSSR count). The lowest BCUT2D eigenvalue weighted by molar-refractivity contribution is 0.0428. The van der Waals surface area contributed by atoms with Crippen LogP contribution in [0.1, 0.15) is 136 Å². The molecule has 0 atom stereocenters. The van der Waals surface area contributed by atoms with E-state index in [9.17, 15) is 8.42 Å². The van der Waals surface area contributed by atoms with Crippen LogP contribution in [0.5, 0.6) is 0 Å². The van der Waals surface area contributed by atoms with E-state index in [0.717, 1.165) is 12.8 Å². The van der Waals surface area contributed by atoms with Gasteiger partial charge >= 0.3 is 10.4 Å². The van der Waals surface area contributed by atoms with Crippen LogP contribution < -0.4 is 0 Å². The molecule has 0 aliphatic rings. The van der Waals surface area contributed by atoms with Crippen LogP contribution in [0.15, 0.2) is 0 Å². The van der Waals surface area contributed by atoms with E-state index in [2.05, 4.69) is 6.92 Å². The van der Waals surface area contributed by atoms with Crippen molar-refractivity contribution in [2.75, 3.05) is 0 Å². The predicted octanol–water partition coefficient (Wildman–Crippen LogP) is 7.63. The quantitative estimate of drug-likeness (QED) is 0.167. The Bertz CT molecular complexity index is 416. The number of rotatable bonds is 20.